The van der Waals surface area contributed by atoms with Crippen molar-refractivity contribution in [3.8, 4) is 11.1 Å². The highest BCUT2D eigenvalue weighted by Crippen LogP contribution is 2.37. The van der Waals surface area contributed by atoms with Gasteiger partial charge in [0.05, 0.1) is 25.6 Å². The summed E-state index contributed by atoms with van der Waals surface area (Å²) in [6.45, 7) is 3.33. The number of imidazole rings is 1. The van der Waals surface area contributed by atoms with E-state index in [9.17, 15) is 0 Å². The fraction of sp³-hybridized carbons (Fsp3) is 0.286. The molecular weight excluding hydrogens is 312 g/mol. The molecule has 1 aliphatic rings. The Morgan fingerprint density at radius 2 is 1.84 bits per heavy atom. The van der Waals surface area contributed by atoms with E-state index in [4.69, 9.17) is 9.47 Å². The Hall–Kier alpha value is -2.43. The average molecular weight is 334 g/mol. The summed E-state index contributed by atoms with van der Waals surface area (Å²) in [5.41, 5.74) is 3.43. The molecule has 4 nitrogen and oxygen atoms in total. The van der Waals surface area contributed by atoms with E-state index in [1.807, 2.05) is 16.8 Å². The van der Waals surface area contributed by atoms with Crippen LogP contribution in [0.25, 0.3) is 11.1 Å². The van der Waals surface area contributed by atoms with Gasteiger partial charge in [0.15, 0.2) is 0 Å². The third-order valence-corrected chi connectivity index (χ3v) is 4.70. The van der Waals surface area contributed by atoms with Crippen LogP contribution in [0.5, 0.6) is 0 Å². The molecule has 2 heterocycles. The summed E-state index contributed by atoms with van der Waals surface area (Å²) in [6, 6.07) is 18.9. The third-order valence-electron chi connectivity index (χ3n) is 4.70. The zero-order valence-corrected chi connectivity index (χ0v) is 14.3. The molecule has 1 aromatic heterocycles. The molecule has 0 aliphatic carbocycles. The summed E-state index contributed by atoms with van der Waals surface area (Å²) < 4.78 is 14.5. The lowest BCUT2D eigenvalue weighted by Gasteiger charge is -2.29. The Labute approximate surface area is 148 Å². The highest BCUT2D eigenvalue weighted by atomic mass is 16.7. The van der Waals surface area contributed by atoms with Gasteiger partial charge >= 0.3 is 0 Å². The van der Waals surface area contributed by atoms with Crippen LogP contribution in [0.4, 0.5) is 0 Å². The van der Waals surface area contributed by atoms with Crippen LogP contribution in [0.15, 0.2) is 73.3 Å². The maximum atomic E-state index is 6.33. The Morgan fingerprint density at radius 3 is 2.48 bits per heavy atom. The monoisotopic (exact) mass is 334 g/mol. The Balaban J connectivity index is 1.65. The molecule has 1 fully saturated rings. The van der Waals surface area contributed by atoms with Crippen LogP contribution in [0.1, 0.15) is 18.9 Å². The highest BCUT2D eigenvalue weighted by Gasteiger charge is 2.43. The summed E-state index contributed by atoms with van der Waals surface area (Å²) in [7, 11) is 0. The molecule has 0 spiro atoms. The van der Waals surface area contributed by atoms with Gasteiger partial charge in [-0.15, -0.1) is 0 Å². The minimum atomic E-state index is -0.753. The molecule has 0 saturated carbocycles. The van der Waals surface area contributed by atoms with E-state index in [1.54, 1.807) is 12.5 Å². The van der Waals surface area contributed by atoms with Crippen LogP contribution in [0.2, 0.25) is 0 Å². The van der Waals surface area contributed by atoms with Crippen molar-refractivity contribution in [3.05, 3.63) is 78.9 Å². The first kappa shape index (κ1) is 16.1. The summed E-state index contributed by atoms with van der Waals surface area (Å²) >= 11 is 0. The quantitative estimate of drug-likeness (QED) is 0.700. The van der Waals surface area contributed by atoms with Crippen molar-refractivity contribution in [2.24, 2.45) is 0 Å². The van der Waals surface area contributed by atoms with Crippen LogP contribution in [-0.4, -0.2) is 22.3 Å². The molecule has 25 heavy (non-hydrogen) atoms. The molecule has 0 radical (unpaired) electrons. The lowest BCUT2D eigenvalue weighted by Crippen LogP contribution is -2.33. The van der Waals surface area contributed by atoms with Crippen molar-refractivity contribution < 1.29 is 9.47 Å². The van der Waals surface area contributed by atoms with Crippen LogP contribution >= 0.6 is 0 Å². The molecule has 2 aromatic carbocycles. The Bertz CT molecular complexity index is 800. The van der Waals surface area contributed by atoms with Gasteiger partial charge in [-0.2, -0.15) is 0 Å². The topological polar surface area (TPSA) is 36.3 Å². The molecule has 0 bridgehead atoms. The first-order valence-corrected chi connectivity index (χ1v) is 8.72. The van der Waals surface area contributed by atoms with Crippen molar-refractivity contribution in [3.63, 3.8) is 0 Å². The molecule has 4 heteroatoms. The van der Waals surface area contributed by atoms with E-state index in [0.717, 1.165) is 12.0 Å². The zero-order chi connectivity index (χ0) is 17.1. The van der Waals surface area contributed by atoms with Crippen LogP contribution in [0, 0.1) is 0 Å². The summed E-state index contributed by atoms with van der Waals surface area (Å²) in [6.07, 6.45) is 6.57. The first-order chi connectivity index (χ1) is 12.3. The predicted octanol–water partition coefficient (Wildman–Crippen LogP) is 4.23. The number of aromatic nitrogens is 2. The van der Waals surface area contributed by atoms with Crippen molar-refractivity contribution in [1.29, 1.82) is 0 Å². The molecule has 3 aromatic rings. The van der Waals surface area contributed by atoms with Gasteiger partial charge < -0.3 is 14.0 Å². The largest absolute Gasteiger partial charge is 0.342 e. The molecule has 0 amide bonds. The molecule has 0 N–H and O–H groups in total. The SMILES string of the molecule is CCC1COC(Cn2ccnc2)(c2ccc(-c3ccccc3)cc2)O1. The number of hydrogen-bond donors (Lipinski definition) is 0. The number of ether oxygens (including phenoxy) is 2. The number of hydrogen-bond acceptors (Lipinski definition) is 3. The summed E-state index contributed by atoms with van der Waals surface area (Å²) in [4.78, 5) is 4.13. The molecule has 128 valence electrons. The fourth-order valence-electron chi connectivity index (χ4n) is 3.26. The van der Waals surface area contributed by atoms with Gasteiger partial charge in [-0.25, -0.2) is 4.98 Å². The lowest BCUT2D eigenvalue weighted by molar-refractivity contribution is -0.187. The van der Waals surface area contributed by atoms with Crippen LogP contribution in [0.3, 0.4) is 0 Å². The summed E-state index contributed by atoms with van der Waals surface area (Å²) in [5.74, 6) is -0.753. The Morgan fingerprint density at radius 1 is 1.08 bits per heavy atom. The molecule has 1 saturated heterocycles. The van der Waals surface area contributed by atoms with Gasteiger partial charge in [0.2, 0.25) is 5.79 Å². The second kappa shape index (κ2) is 6.82. The van der Waals surface area contributed by atoms with Gasteiger partial charge in [0.25, 0.3) is 0 Å². The van der Waals surface area contributed by atoms with Crippen LogP contribution < -0.4 is 0 Å². The molecule has 2 atom stereocenters. The standard InChI is InChI=1S/C21H22N2O2/c1-2-20-14-24-21(25-20,15-23-13-12-22-16-23)19-10-8-18(9-11-19)17-6-4-3-5-7-17/h3-13,16,20H,2,14-15H2,1H3. The zero-order valence-electron chi connectivity index (χ0n) is 14.3. The van der Waals surface area contributed by atoms with Gasteiger partial charge in [-0.3, -0.25) is 0 Å². The molecule has 2 unspecified atom stereocenters. The predicted molar refractivity (Wildman–Crippen MR) is 96.9 cm³/mol. The van der Waals surface area contributed by atoms with Crippen LogP contribution in [-0.2, 0) is 21.8 Å². The van der Waals surface area contributed by atoms with Gasteiger partial charge in [-0.1, -0.05) is 61.5 Å². The second-order valence-corrected chi connectivity index (χ2v) is 6.39. The maximum Gasteiger partial charge on any atom is 0.213 e. The fourth-order valence-corrected chi connectivity index (χ4v) is 3.26. The Kier molecular flexibility index (Phi) is 4.38. The van der Waals surface area contributed by atoms with E-state index in [0.29, 0.717) is 13.2 Å². The van der Waals surface area contributed by atoms with E-state index >= 15 is 0 Å². The highest BCUT2D eigenvalue weighted by molar-refractivity contribution is 5.63. The minimum Gasteiger partial charge on any atom is -0.342 e. The number of benzene rings is 2. The molecule has 1 aliphatic heterocycles. The first-order valence-electron chi connectivity index (χ1n) is 8.72. The minimum absolute atomic E-state index is 0.123. The lowest BCUT2D eigenvalue weighted by atomic mass is 10.00. The maximum absolute atomic E-state index is 6.33. The number of rotatable bonds is 5. The van der Waals surface area contributed by atoms with Crippen molar-refractivity contribution >= 4 is 0 Å². The molecular formula is C21H22N2O2. The third kappa shape index (κ3) is 3.23. The van der Waals surface area contributed by atoms with Gasteiger partial charge in [0.1, 0.15) is 0 Å². The molecule has 4 rings (SSSR count). The van der Waals surface area contributed by atoms with Crippen molar-refractivity contribution in [2.45, 2.75) is 31.8 Å². The van der Waals surface area contributed by atoms with Gasteiger partial charge in [0, 0.05) is 18.0 Å². The van der Waals surface area contributed by atoms with Crippen molar-refractivity contribution in [1.82, 2.24) is 9.55 Å². The van der Waals surface area contributed by atoms with E-state index in [1.165, 1.54) is 11.1 Å². The average Bonchev–Trinajstić information content (AvgIpc) is 3.33. The smallest absolute Gasteiger partial charge is 0.213 e. The summed E-state index contributed by atoms with van der Waals surface area (Å²) in [5, 5.41) is 0. The van der Waals surface area contributed by atoms with Crippen molar-refractivity contribution in [2.75, 3.05) is 6.61 Å². The van der Waals surface area contributed by atoms with E-state index in [-0.39, 0.29) is 6.10 Å². The van der Waals surface area contributed by atoms with E-state index in [2.05, 4.69) is 60.4 Å². The normalized spacial score (nSPS) is 23.0. The number of nitrogens with zero attached hydrogens (tertiary/aromatic N) is 2. The van der Waals surface area contributed by atoms with E-state index < -0.39 is 5.79 Å². The van der Waals surface area contributed by atoms with Gasteiger partial charge in [-0.05, 0) is 17.5 Å². The second-order valence-electron chi connectivity index (χ2n) is 6.39.